The minimum absolute atomic E-state index is 0.124. The number of nitrogens with zero attached hydrogens (tertiary/aromatic N) is 4. The minimum atomic E-state index is -0.653. The van der Waals surface area contributed by atoms with E-state index in [1.165, 1.54) is 83.5 Å². The van der Waals surface area contributed by atoms with E-state index in [2.05, 4.69) is 37.5 Å². The van der Waals surface area contributed by atoms with Gasteiger partial charge in [-0.15, -0.1) is 0 Å². The number of carbonyl (C=O) groups is 1. The van der Waals surface area contributed by atoms with Crippen molar-refractivity contribution in [2.24, 2.45) is 42.9 Å². The van der Waals surface area contributed by atoms with Crippen molar-refractivity contribution in [1.29, 1.82) is 0 Å². The summed E-state index contributed by atoms with van der Waals surface area (Å²) in [6.07, 6.45) is 23.9. The third kappa shape index (κ3) is 29.4. The lowest BCUT2D eigenvalue weighted by molar-refractivity contribution is -0.137. The van der Waals surface area contributed by atoms with Crippen LogP contribution in [0, 0.1) is 0 Å². The van der Waals surface area contributed by atoms with Crippen molar-refractivity contribution in [3.63, 3.8) is 0 Å². The van der Waals surface area contributed by atoms with Gasteiger partial charge in [-0.05, 0) is 67.8 Å². The first kappa shape index (κ1) is 48.0. The van der Waals surface area contributed by atoms with E-state index in [1.807, 2.05) is 0 Å². The number of guanidine groups is 4. The molecule has 2 aromatic rings. The van der Waals surface area contributed by atoms with Gasteiger partial charge in [0.2, 0.25) is 23.8 Å². The van der Waals surface area contributed by atoms with Gasteiger partial charge < -0.3 is 38.7 Å². The van der Waals surface area contributed by atoms with E-state index in [-0.39, 0.29) is 23.8 Å². The van der Waals surface area contributed by atoms with Crippen molar-refractivity contribution >= 4 is 64.4 Å². The first-order chi connectivity index (χ1) is 26.1. The molecule has 0 saturated heterocycles. The molecule has 2 aromatic carbocycles. The molecule has 11 N–H and O–H groups in total. The molecule has 0 bridgehead atoms. The van der Waals surface area contributed by atoms with Crippen LogP contribution in [0.3, 0.4) is 0 Å². The number of aliphatic carboxylic acids is 1. The monoisotopic (exact) mass is 788 g/mol. The lowest BCUT2D eigenvalue weighted by Crippen LogP contribution is -2.26. The number of anilines is 2. The van der Waals surface area contributed by atoms with E-state index in [4.69, 9.17) is 51.2 Å². The van der Waals surface area contributed by atoms with Gasteiger partial charge in [0.05, 0.1) is 0 Å². The van der Waals surface area contributed by atoms with Gasteiger partial charge in [0.25, 0.3) is 0 Å². The van der Waals surface area contributed by atoms with Gasteiger partial charge in [0.15, 0.2) is 0 Å². The third-order valence-electron chi connectivity index (χ3n) is 8.31. The topological polar surface area (TPSA) is 215 Å². The van der Waals surface area contributed by atoms with Gasteiger partial charge >= 0.3 is 5.97 Å². The lowest BCUT2D eigenvalue weighted by atomic mass is 10.0. The molecule has 0 atom stereocenters. The lowest BCUT2D eigenvalue weighted by Gasteiger charge is -2.05. The molecule has 0 saturated carbocycles. The van der Waals surface area contributed by atoms with Crippen molar-refractivity contribution in [3.8, 4) is 0 Å². The summed E-state index contributed by atoms with van der Waals surface area (Å²) < 4.78 is 0. The largest absolute Gasteiger partial charge is 0.481 e. The Morgan fingerprint density at radius 2 is 0.852 bits per heavy atom. The van der Waals surface area contributed by atoms with Gasteiger partial charge in [0.1, 0.15) is 0 Å². The molecule has 0 aromatic heterocycles. The van der Waals surface area contributed by atoms with E-state index < -0.39 is 5.97 Å². The van der Waals surface area contributed by atoms with Crippen molar-refractivity contribution in [2.75, 3.05) is 23.7 Å². The smallest absolute Gasteiger partial charge is 0.303 e. The van der Waals surface area contributed by atoms with E-state index in [0.717, 1.165) is 49.9 Å². The molecule has 0 unspecified atom stereocenters. The number of carboxylic acid groups (broad SMARTS) is 1. The Hall–Kier alpha value is -4.03. The normalized spacial score (nSPS) is 12.3. The third-order valence-corrected chi connectivity index (χ3v) is 8.82. The standard InChI is InChI=1S/C22H30Cl2N10.C18H36O2/c23-15-5-9-17(10-6-15)31-21(27)33-19(25)29-13-3-1-2-4-14-30-20(26)34-22(28)32-18-11-7-16(24)8-12-18;1-2-3-4-5-6-7-8-9-10-11-12-13-14-15-16-17-18(19)20/h5-12H,1-4,13-14H2,(H5,25,27,29,31,33)(H5,26,28,30,32,34);2-17H2,1H3,(H,19,20). The van der Waals surface area contributed by atoms with Crippen LogP contribution in [0.1, 0.15) is 135 Å². The predicted octanol–water partition coefficient (Wildman–Crippen LogP) is 9.67. The Labute approximate surface area is 333 Å². The van der Waals surface area contributed by atoms with Crippen molar-refractivity contribution < 1.29 is 9.90 Å². The fourth-order valence-electron chi connectivity index (χ4n) is 5.35. The van der Waals surface area contributed by atoms with Gasteiger partial charge in [-0.25, -0.2) is 0 Å². The van der Waals surface area contributed by atoms with Crippen LogP contribution in [0.15, 0.2) is 68.5 Å². The Balaban J connectivity index is 0.000000623. The second kappa shape index (κ2) is 32.4. The summed E-state index contributed by atoms with van der Waals surface area (Å²) in [6, 6.07) is 14.1. The van der Waals surface area contributed by atoms with Crippen LogP contribution in [0.25, 0.3) is 0 Å². The highest BCUT2D eigenvalue weighted by molar-refractivity contribution is 6.31. The molecule has 0 fully saturated rings. The molecule has 0 aliphatic carbocycles. The van der Waals surface area contributed by atoms with Gasteiger partial charge in [-0.3, -0.25) is 14.8 Å². The Bertz CT molecular complexity index is 1300. The first-order valence-electron chi connectivity index (χ1n) is 19.6. The van der Waals surface area contributed by atoms with Crippen LogP contribution >= 0.6 is 23.2 Å². The van der Waals surface area contributed by atoms with E-state index >= 15 is 0 Å². The average Bonchev–Trinajstić information content (AvgIpc) is 3.13. The summed E-state index contributed by atoms with van der Waals surface area (Å²) in [5.41, 5.74) is 24.8. The molecule has 0 aliphatic heterocycles. The quantitative estimate of drug-likeness (QED) is 0.0291. The number of nitrogens with one attached hydrogen (secondary N) is 2. The molecule has 302 valence electrons. The maximum absolute atomic E-state index is 10.3. The molecule has 12 nitrogen and oxygen atoms in total. The number of hydrogen-bond acceptors (Lipinski definition) is 3. The zero-order valence-corrected chi connectivity index (χ0v) is 33.9. The summed E-state index contributed by atoms with van der Waals surface area (Å²) in [5, 5.41) is 15.6. The van der Waals surface area contributed by atoms with Crippen LogP contribution in [0.2, 0.25) is 10.0 Å². The van der Waals surface area contributed by atoms with Crippen LogP contribution < -0.4 is 33.6 Å². The summed E-state index contributed by atoms with van der Waals surface area (Å²) >= 11 is 11.7. The van der Waals surface area contributed by atoms with Crippen LogP contribution in [-0.4, -0.2) is 48.0 Å². The number of aliphatic imine (C=N–C) groups is 4. The molecule has 0 amide bonds. The highest BCUT2D eigenvalue weighted by Gasteiger charge is 2.00. The summed E-state index contributed by atoms with van der Waals surface area (Å²) in [5.74, 6) is -0.0888. The molecule has 0 radical (unpaired) electrons. The summed E-state index contributed by atoms with van der Waals surface area (Å²) in [7, 11) is 0. The Kier molecular flexibility index (Phi) is 28.8. The van der Waals surface area contributed by atoms with Crippen molar-refractivity contribution in [3.05, 3.63) is 58.6 Å². The van der Waals surface area contributed by atoms with Gasteiger partial charge in [-0.2, -0.15) is 9.98 Å². The Morgan fingerprint density at radius 1 is 0.537 bits per heavy atom. The van der Waals surface area contributed by atoms with Crippen molar-refractivity contribution in [2.45, 2.75) is 135 Å². The average molecular weight is 790 g/mol. The van der Waals surface area contributed by atoms with E-state index in [0.29, 0.717) is 29.6 Å². The number of unbranched alkanes of at least 4 members (excludes halogenated alkanes) is 17. The van der Waals surface area contributed by atoms with Gasteiger partial charge in [-0.1, -0.05) is 133 Å². The zero-order chi connectivity index (χ0) is 39.7. The fourth-order valence-corrected chi connectivity index (χ4v) is 5.60. The van der Waals surface area contributed by atoms with E-state index in [9.17, 15) is 4.79 Å². The summed E-state index contributed by atoms with van der Waals surface area (Å²) in [6.45, 7) is 3.39. The number of rotatable bonds is 25. The molecule has 0 aliphatic rings. The van der Waals surface area contributed by atoms with Crippen molar-refractivity contribution in [1.82, 2.24) is 0 Å². The number of benzene rings is 2. The Morgan fingerprint density at radius 3 is 1.19 bits per heavy atom. The van der Waals surface area contributed by atoms with Crippen LogP contribution in [0.5, 0.6) is 0 Å². The number of halogens is 2. The zero-order valence-electron chi connectivity index (χ0n) is 32.4. The molecular weight excluding hydrogens is 723 g/mol. The number of nitrogens with two attached hydrogens (primary N) is 4. The van der Waals surface area contributed by atoms with Crippen LogP contribution in [0.4, 0.5) is 11.4 Å². The molecule has 2 rings (SSSR count). The van der Waals surface area contributed by atoms with Gasteiger partial charge in [0, 0.05) is 40.9 Å². The minimum Gasteiger partial charge on any atom is -0.481 e. The van der Waals surface area contributed by atoms with Crippen LogP contribution in [-0.2, 0) is 4.79 Å². The molecule has 0 spiro atoms. The molecule has 54 heavy (non-hydrogen) atoms. The fraction of sp³-hybridized carbons (Fsp3) is 0.575. The SMILES string of the molecule is CCCCCCCCCCCCCCCCCC(=O)O.NC(=NCCCCCCN=C(N)N=C(N)Nc1ccc(Cl)cc1)N=C(N)Nc1ccc(Cl)cc1. The summed E-state index contributed by atoms with van der Waals surface area (Å²) in [4.78, 5) is 26.8. The molecule has 14 heteroatoms. The maximum atomic E-state index is 10.3. The highest BCUT2D eigenvalue weighted by Crippen LogP contribution is 2.15. The molecular formula is C40H66Cl2N10O2. The number of hydrogen-bond donors (Lipinski definition) is 7. The predicted molar refractivity (Wildman–Crippen MR) is 232 cm³/mol. The van der Waals surface area contributed by atoms with E-state index in [1.54, 1.807) is 48.5 Å². The highest BCUT2D eigenvalue weighted by atomic mass is 35.5. The number of carboxylic acids is 1. The second-order valence-corrected chi connectivity index (χ2v) is 14.1. The second-order valence-electron chi connectivity index (χ2n) is 13.2. The maximum Gasteiger partial charge on any atom is 0.303 e. The first-order valence-corrected chi connectivity index (χ1v) is 20.4. The molecule has 0 heterocycles.